The summed E-state index contributed by atoms with van der Waals surface area (Å²) in [5.74, 6) is -0.438. The summed E-state index contributed by atoms with van der Waals surface area (Å²) in [5.41, 5.74) is 6.02. The first-order valence-corrected chi connectivity index (χ1v) is 6.93. The van der Waals surface area contributed by atoms with Gasteiger partial charge in [-0.15, -0.1) is 0 Å². The normalized spacial score (nSPS) is 11.4. The lowest BCUT2D eigenvalue weighted by Crippen LogP contribution is -2.25. The van der Waals surface area contributed by atoms with Gasteiger partial charge in [0.25, 0.3) is 0 Å². The highest BCUT2D eigenvalue weighted by atomic mass is 32.1. The maximum Gasteiger partial charge on any atom is 0.206 e. The van der Waals surface area contributed by atoms with E-state index in [0.717, 1.165) is 0 Å². The van der Waals surface area contributed by atoms with Gasteiger partial charge in [0.05, 0.1) is 0 Å². The zero-order chi connectivity index (χ0) is 14.9. The molecule has 2 aromatic rings. The summed E-state index contributed by atoms with van der Waals surface area (Å²) >= 11 is 1.20. The highest BCUT2D eigenvalue weighted by Gasteiger charge is 2.20. The summed E-state index contributed by atoms with van der Waals surface area (Å²) in [6.45, 7) is 5.98. The van der Waals surface area contributed by atoms with Gasteiger partial charge < -0.3 is 11.1 Å². The fourth-order valence-electron chi connectivity index (χ4n) is 1.60. The number of nitrogens with zero attached hydrogens (tertiary/aromatic N) is 1. The lowest BCUT2D eigenvalue weighted by atomic mass is 10.1. The second-order valence-corrected chi connectivity index (χ2v) is 6.44. The molecule has 0 amide bonds. The van der Waals surface area contributed by atoms with Crippen LogP contribution in [0.2, 0.25) is 0 Å². The number of rotatable bonds is 3. The molecule has 0 bridgehead atoms. The van der Waals surface area contributed by atoms with Gasteiger partial charge in [-0.25, -0.2) is 9.37 Å². The van der Waals surface area contributed by atoms with Crippen molar-refractivity contribution in [1.29, 1.82) is 0 Å². The molecule has 0 aliphatic heterocycles. The van der Waals surface area contributed by atoms with Crippen molar-refractivity contribution in [2.45, 2.75) is 26.3 Å². The van der Waals surface area contributed by atoms with Crippen LogP contribution < -0.4 is 11.1 Å². The molecular weight excluding hydrogens is 277 g/mol. The van der Waals surface area contributed by atoms with Crippen LogP contribution in [0.5, 0.6) is 0 Å². The number of carbonyl (C=O) groups is 1. The van der Waals surface area contributed by atoms with Crippen LogP contribution in [-0.2, 0) is 0 Å². The molecule has 0 aliphatic rings. The molecule has 0 unspecified atom stereocenters. The molecule has 20 heavy (non-hydrogen) atoms. The Kier molecular flexibility index (Phi) is 3.76. The van der Waals surface area contributed by atoms with Crippen LogP contribution in [0.25, 0.3) is 0 Å². The Bertz CT molecular complexity index is 629. The Morgan fingerprint density at radius 3 is 2.45 bits per heavy atom. The van der Waals surface area contributed by atoms with Crippen LogP contribution in [0.1, 0.15) is 36.0 Å². The fourth-order valence-corrected chi connectivity index (χ4v) is 2.66. The molecule has 0 saturated carbocycles. The van der Waals surface area contributed by atoms with Gasteiger partial charge in [-0.2, -0.15) is 0 Å². The molecular formula is C14H16FN3OS. The average molecular weight is 293 g/mol. The number of nitrogen functional groups attached to an aromatic ring is 1. The van der Waals surface area contributed by atoms with Crippen molar-refractivity contribution in [3.8, 4) is 0 Å². The summed E-state index contributed by atoms with van der Waals surface area (Å²) in [6, 6.07) is 5.37. The van der Waals surface area contributed by atoms with Crippen molar-refractivity contribution >= 4 is 28.1 Å². The quantitative estimate of drug-likeness (QED) is 0.852. The number of carbonyl (C=O) groups excluding carboxylic acids is 1. The monoisotopic (exact) mass is 293 g/mol. The number of benzene rings is 1. The van der Waals surface area contributed by atoms with Crippen molar-refractivity contribution < 1.29 is 9.18 Å². The number of ketones is 1. The van der Waals surface area contributed by atoms with Crippen LogP contribution in [0.4, 0.5) is 15.3 Å². The number of thiazole rings is 1. The van der Waals surface area contributed by atoms with E-state index in [9.17, 15) is 9.18 Å². The van der Waals surface area contributed by atoms with E-state index in [4.69, 9.17) is 5.73 Å². The standard InChI is InChI=1S/C14H16FN3OS/c1-14(2,3)18-13-17-12(16)11(20-13)10(19)8-4-6-9(15)7-5-8/h4-7H,16H2,1-3H3,(H,17,18). The summed E-state index contributed by atoms with van der Waals surface area (Å²) in [5, 5.41) is 3.77. The Balaban J connectivity index is 2.29. The Labute approximate surface area is 120 Å². The predicted molar refractivity (Wildman–Crippen MR) is 79.7 cm³/mol. The molecule has 3 N–H and O–H groups in total. The third-order valence-corrected chi connectivity index (χ3v) is 3.43. The number of aromatic nitrogens is 1. The van der Waals surface area contributed by atoms with Crippen molar-refractivity contribution in [1.82, 2.24) is 4.98 Å². The topological polar surface area (TPSA) is 68.0 Å². The first-order chi connectivity index (χ1) is 9.26. The SMILES string of the molecule is CC(C)(C)Nc1nc(N)c(C(=O)c2ccc(F)cc2)s1. The van der Waals surface area contributed by atoms with Gasteiger partial charge in [0, 0.05) is 11.1 Å². The highest BCUT2D eigenvalue weighted by molar-refractivity contribution is 7.18. The third-order valence-electron chi connectivity index (χ3n) is 2.45. The van der Waals surface area contributed by atoms with Gasteiger partial charge in [-0.1, -0.05) is 11.3 Å². The summed E-state index contributed by atoms with van der Waals surface area (Å²) in [6.07, 6.45) is 0. The molecule has 0 fully saturated rings. The number of nitrogens with one attached hydrogen (secondary N) is 1. The van der Waals surface area contributed by atoms with Gasteiger partial charge in [0.1, 0.15) is 16.5 Å². The third kappa shape index (κ3) is 3.33. The molecule has 1 heterocycles. The van der Waals surface area contributed by atoms with E-state index in [2.05, 4.69) is 10.3 Å². The van der Waals surface area contributed by atoms with E-state index < -0.39 is 0 Å². The van der Waals surface area contributed by atoms with Crippen LogP contribution in [-0.4, -0.2) is 16.3 Å². The minimum absolute atomic E-state index is 0.166. The number of hydrogen-bond acceptors (Lipinski definition) is 5. The smallest absolute Gasteiger partial charge is 0.206 e. The summed E-state index contributed by atoms with van der Waals surface area (Å²) in [7, 11) is 0. The Morgan fingerprint density at radius 2 is 1.90 bits per heavy atom. The van der Waals surface area contributed by atoms with Crippen LogP contribution in [0.15, 0.2) is 24.3 Å². The molecule has 6 heteroatoms. The van der Waals surface area contributed by atoms with E-state index in [1.807, 2.05) is 20.8 Å². The largest absolute Gasteiger partial charge is 0.382 e. The van der Waals surface area contributed by atoms with Gasteiger partial charge in [-0.05, 0) is 45.0 Å². The molecule has 106 valence electrons. The lowest BCUT2D eigenvalue weighted by Gasteiger charge is -2.19. The number of anilines is 2. The van der Waals surface area contributed by atoms with Crippen LogP contribution >= 0.6 is 11.3 Å². The molecule has 2 rings (SSSR count). The Hall–Kier alpha value is -1.95. The van der Waals surface area contributed by atoms with E-state index in [-0.39, 0.29) is 23.0 Å². The zero-order valence-electron chi connectivity index (χ0n) is 11.5. The minimum Gasteiger partial charge on any atom is -0.382 e. The fraction of sp³-hybridized carbons (Fsp3) is 0.286. The molecule has 1 aromatic heterocycles. The van der Waals surface area contributed by atoms with Crippen molar-refractivity contribution in [2.24, 2.45) is 0 Å². The molecule has 0 saturated heterocycles. The maximum atomic E-state index is 12.9. The van der Waals surface area contributed by atoms with E-state index >= 15 is 0 Å². The molecule has 0 spiro atoms. The Morgan fingerprint density at radius 1 is 1.30 bits per heavy atom. The average Bonchev–Trinajstić information content (AvgIpc) is 2.67. The van der Waals surface area contributed by atoms with Gasteiger partial charge >= 0.3 is 0 Å². The zero-order valence-corrected chi connectivity index (χ0v) is 12.3. The molecule has 0 aliphatic carbocycles. The lowest BCUT2D eigenvalue weighted by molar-refractivity contribution is 0.104. The van der Waals surface area contributed by atoms with Crippen molar-refractivity contribution in [3.63, 3.8) is 0 Å². The summed E-state index contributed by atoms with van der Waals surface area (Å²) in [4.78, 5) is 16.8. The molecule has 4 nitrogen and oxygen atoms in total. The van der Waals surface area contributed by atoms with Crippen molar-refractivity contribution in [3.05, 3.63) is 40.5 Å². The first kappa shape index (κ1) is 14.5. The van der Waals surface area contributed by atoms with E-state index in [1.54, 1.807) is 0 Å². The van der Waals surface area contributed by atoms with Gasteiger partial charge in [-0.3, -0.25) is 4.79 Å². The van der Waals surface area contributed by atoms with Crippen molar-refractivity contribution in [2.75, 3.05) is 11.1 Å². The highest BCUT2D eigenvalue weighted by Crippen LogP contribution is 2.29. The minimum atomic E-state index is -0.381. The van der Waals surface area contributed by atoms with Gasteiger partial charge in [0.15, 0.2) is 5.13 Å². The van der Waals surface area contributed by atoms with Gasteiger partial charge in [0.2, 0.25) is 5.78 Å². The number of hydrogen-bond donors (Lipinski definition) is 2. The van der Waals surface area contributed by atoms with Crippen LogP contribution in [0, 0.1) is 5.82 Å². The number of halogens is 1. The maximum absolute atomic E-state index is 12.9. The molecule has 0 radical (unpaired) electrons. The summed E-state index contributed by atoms with van der Waals surface area (Å²) < 4.78 is 12.9. The number of nitrogens with two attached hydrogens (primary N) is 1. The second kappa shape index (κ2) is 5.20. The van der Waals surface area contributed by atoms with E-state index in [1.165, 1.54) is 35.6 Å². The second-order valence-electron chi connectivity index (χ2n) is 5.44. The molecule has 1 aromatic carbocycles. The molecule has 0 atom stereocenters. The van der Waals surface area contributed by atoms with E-state index in [0.29, 0.717) is 15.6 Å². The first-order valence-electron chi connectivity index (χ1n) is 6.11. The predicted octanol–water partition coefficient (Wildman–Crippen LogP) is 3.31. The van der Waals surface area contributed by atoms with Crippen LogP contribution in [0.3, 0.4) is 0 Å².